The topological polar surface area (TPSA) is 88.3 Å². The van der Waals surface area contributed by atoms with Gasteiger partial charge in [-0.25, -0.2) is 4.39 Å². The van der Waals surface area contributed by atoms with Crippen LogP contribution in [0, 0.1) is 5.82 Å². The van der Waals surface area contributed by atoms with Gasteiger partial charge in [0.1, 0.15) is 5.82 Å². The highest BCUT2D eigenvalue weighted by Gasteiger charge is 2.50. The summed E-state index contributed by atoms with van der Waals surface area (Å²) in [5.41, 5.74) is 9.09. The SMILES string of the molecule is NC(c1ccc(C(=O)Nc2ccncc2)cc1)C1CCCN1C(=O)C1(c2ccc(F)cc2)CCC1. The van der Waals surface area contributed by atoms with E-state index in [0.29, 0.717) is 17.8 Å². The number of nitrogens with two attached hydrogens (primary N) is 1. The Bertz CT molecular complexity index is 1190. The molecule has 6 nitrogen and oxygen atoms in total. The predicted octanol–water partition coefficient (Wildman–Crippen LogP) is 4.59. The molecule has 5 rings (SSSR count). The summed E-state index contributed by atoms with van der Waals surface area (Å²) in [6, 6.07) is 16.6. The molecule has 1 aliphatic carbocycles. The molecule has 35 heavy (non-hydrogen) atoms. The Morgan fingerprint density at radius 3 is 2.31 bits per heavy atom. The number of nitrogens with one attached hydrogen (secondary N) is 1. The molecule has 2 atom stereocenters. The van der Waals surface area contributed by atoms with Gasteiger partial charge in [0.2, 0.25) is 5.91 Å². The molecule has 0 spiro atoms. The number of likely N-dealkylation sites (tertiary alicyclic amines) is 1. The van der Waals surface area contributed by atoms with Crippen LogP contribution in [0.3, 0.4) is 0 Å². The van der Waals surface area contributed by atoms with Crippen LogP contribution in [0.25, 0.3) is 0 Å². The molecule has 1 saturated carbocycles. The number of benzene rings is 2. The number of amides is 2. The van der Waals surface area contributed by atoms with Crippen molar-refractivity contribution >= 4 is 17.5 Å². The summed E-state index contributed by atoms with van der Waals surface area (Å²) in [5.74, 6) is -0.406. The highest BCUT2D eigenvalue weighted by atomic mass is 19.1. The van der Waals surface area contributed by atoms with Crippen LogP contribution >= 0.6 is 0 Å². The minimum atomic E-state index is -0.578. The van der Waals surface area contributed by atoms with E-state index in [4.69, 9.17) is 5.73 Å². The average Bonchev–Trinajstić information content (AvgIpc) is 3.35. The fourth-order valence-corrected chi connectivity index (χ4v) is 5.34. The summed E-state index contributed by atoms with van der Waals surface area (Å²) in [6.07, 6.45) is 7.50. The van der Waals surface area contributed by atoms with Gasteiger partial charge in [0.15, 0.2) is 0 Å². The number of nitrogens with zero attached hydrogens (tertiary/aromatic N) is 2. The molecule has 180 valence electrons. The second-order valence-corrected chi connectivity index (χ2v) is 9.49. The maximum atomic E-state index is 13.8. The number of pyridine rings is 1. The van der Waals surface area contributed by atoms with Gasteiger partial charge >= 0.3 is 0 Å². The highest BCUT2D eigenvalue weighted by molar-refractivity contribution is 6.04. The number of aromatic nitrogens is 1. The molecule has 3 N–H and O–H groups in total. The second kappa shape index (κ2) is 9.58. The van der Waals surface area contributed by atoms with Crippen molar-refractivity contribution in [3.8, 4) is 0 Å². The molecule has 3 aromatic rings. The molecule has 2 aromatic carbocycles. The first-order valence-corrected chi connectivity index (χ1v) is 12.1. The minimum Gasteiger partial charge on any atom is -0.337 e. The van der Waals surface area contributed by atoms with Gasteiger partial charge in [-0.3, -0.25) is 14.6 Å². The molecule has 1 saturated heterocycles. The first-order valence-electron chi connectivity index (χ1n) is 12.1. The van der Waals surface area contributed by atoms with Crippen LogP contribution in [-0.2, 0) is 10.2 Å². The molecule has 1 aromatic heterocycles. The Labute approximate surface area is 204 Å². The zero-order valence-corrected chi connectivity index (χ0v) is 19.5. The lowest BCUT2D eigenvalue weighted by atomic mass is 9.63. The van der Waals surface area contributed by atoms with Gasteiger partial charge in [-0.15, -0.1) is 0 Å². The smallest absolute Gasteiger partial charge is 0.255 e. The quantitative estimate of drug-likeness (QED) is 0.549. The van der Waals surface area contributed by atoms with E-state index < -0.39 is 5.41 Å². The van der Waals surface area contributed by atoms with E-state index in [-0.39, 0.29) is 29.7 Å². The van der Waals surface area contributed by atoms with Crippen LogP contribution in [0.15, 0.2) is 73.1 Å². The average molecular weight is 473 g/mol. The van der Waals surface area contributed by atoms with Crippen molar-refractivity contribution in [1.29, 1.82) is 0 Å². The number of carbonyl (C=O) groups is 2. The summed E-state index contributed by atoms with van der Waals surface area (Å²) in [6.45, 7) is 0.673. The normalized spacial score (nSPS) is 19.6. The van der Waals surface area contributed by atoms with Gasteiger partial charge in [0.05, 0.1) is 17.5 Å². The summed E-state index contributed by atoms with van der Waals surface area (Å²) in [5, 5.41) is 2.85. The summed E-state index contributed by atoms with van der Waals surface area (Å²) in [4.78, 5) is 32.3. The largest absolute Gasteiger partial charge is 0.337 e. The van der Waals surface area contributed by atoms with Crippen molar-refractivity contribution in [1.82, 2.24) is 9.88 Å². The Morgan fingerprint density at radius 1 is 1.00 bits per heavy atom. The Kier molecular flexibility index (Phi) is 6.34. The van der Waals surface area contributed by atoms with E-state index in [9.17, 15) is 14.0 Å². The number of hydrogen-bond acceptors (Lipinski definition) is 4. The molecule has 1 aliphatic heterocycles. The lowest BCUT2D eigenvalue weighted by Gasteiger charge is -2.45. The van der Waals surface area contributed by atoms with Gasteiger partial charge in [0.25, 0.3) is 5.91 Å². The fraction of sp³-hybridized carbons (Fsp3) is 0.321. The number of halogens is 1. The van der Waals surface area contributed by atoms with Crippen molar-refractivity contribution < 1.29 is 14.0 Å². The number of rotatable bonds is 6. The van der Waals surface area contributed by atoms with Gasteiger partial charge in [0, 0.05) is 30.2 Å². The summed E-state index contributed by atoms with van der Waals surface area (Å²) in [7, 11) is 0. The molecule has 2 unspecified atom stereocenters. The number of anilines is 1. The molecule has 0 radical (unpaired) electrons. The van der Waals surface area contributed by atoms with Gasteiger partial charge < -0.3 is 16.0 Å². The van der Waals surface area contributed by atoms with Crippen LogP contribution < -0.4 is 11.1 Å². The highest BCUT2D eigenvalue weighted by Crippen LogP contribution is 2.47. The molecule has 2 fully saturated rings. The third kappa shape index (κ3) is 4.44. The van der Waals surface area contributed by atoms with Crippen LogP contribution in [0.5, 0.6) is 0 Å². The molecule has 7 heteroatoms. The molecular weight excluding hydrogens is 443 g/mol. The van der Waals surface area contributed by atoms with Crippen molar-refractivity contribution in [2.45, 2.75) is 49.6 Å². The fourth-order valence-electron chi connectivity index (χ4n) is 5.34. The van der Waals surface area contributed by atoms with Crippen molar-refractivity contribution in [2.24, 2.45) is 5.73 Å². The second-order valence-electron chi connectivity index (χ2n) is 9.49. The van der Waals surface area contributed by atoms with Crippen LogP contribution in [-0.4, -0.2) is 34.3 Å². The summed E-state index contributed by atoms with van der Waals surface area (Å²) >= 11 is 0. The molecule has 2 heterocycles. The monoisotopic (exact) mass is 472 g/mol. The van der Waals surface area contributed by atoms with Crippen molar-refractivity contribution in [2.75, 3.05) is 11.9 Å². The van der Waals surface area contributed by atoms with E-state index >= 15 is 0 Å². The third-order valence-electron chi connectivity index (χ3n) is 7.48. The molecular formula is C28H29FN4O2. The van der Waals surface area contributed by atoms with Gasteiger partial charge in [-0.1, -0.05) is 30.7 Å². The molecule has 2 amide bonds. The Hall–Kier alpha value is -3.58. The van der Waals surface area contributed by atoms with Crippen molar-refractivity contribution in [3.63, 3.8) is 0 Å². The zero-order chi connectivity index (χ0) is 24.4. The molecule has 0 bridgehead atoms. The zero-order valence-electron chi connectivity index (χ0n) is 19.5. The first kappa shape index (κ1) is 23.2. The number of carbonyl (C=O) groups excluding carboxylic acids is 2. The van der Waals surface area contributed by atoms with Gasteiger partial charge in [-0.2, -0.15) is 0 Å². The maximum Gasteiger partial charge on any atom is 0.255 e. The van der Waals surface area contributed by atoms with Crippen LogP contribution in [0.2, 0.25) is 0 Å². The standard InChI is InChI=1S/C28H29FN4O2/c29-22-10-8-21(9-11-22)28(14-2-15-28)27(35)33-18-1-3-24(33)25(30)19-4-6-20(7-5-19)26(34)32-23-12-16-31-17-13-23/h4-13,16-17,24-25H,1-3,14-15,18,30H2,(H,31,32,34). The van der Waals surface area contributed by atoms with E-state index in [1.54, 1.807) is 48.8 Å². The lowest BCUT2D eigenvalue weighted by molar-refractivity contribution is -0.142. The third-order valence-corrected chi connectivity index (χ3v) is 7.48. The van der Waals surface area contributed by atoms with E-state index in [1.165, 1.54) is 12.1 Å². The van der Waals surface area contributed by atoms with E-state index in [1.807, 2.05) is 17.0 Å². The van der Waals surface area contributed by atoms with E-state index in [2.05, 4.69) is 10.3 Å². The van der Waals surface area contributed by atoms with Crippen LogP contribution in [0.4, 0.5) is 10.1 Å². The Morgan fingerprint density at radius 2 is 1.69 bits per heavy atom. The molecule has 2 aliphatic rings. The first-order chi connectivity index (χ1) is 17.0. The Balaban J connectivity index is 1.31. The maximum absolute atomic E-state index is 13.8. The van der Waals surface area contributed by atoms with Gasteiger partial charge in [-0.05, 0) is 73.2 Å². The lowest BCUT2D eigenvalue weighted by Crippen LogP contribution is -2.54. The van der Waals surface area contributed by atoms with E-state index in [0.717, 1.165) is 43.2 Å². The summed E-state index contributed by atoms with van der Waals surface area (Å²) < 4.78 is 13.5. The predicted molar refractivity (Wildman–Crippen MR) is 132 cm³/mol. The number of hydrogen-bond donors (Lipinski definition) is 2. The minimum absolute atomic E-state index is 0.0988. The van der Waals surface area contributed by atoms with Crippen LogP contribution in [0.1, 0.15) is 59.6 Å². The van der Waals surface area contributed by atoms with Crippen molar-refractivity contribution in [3.05, 3.63) is 95.6 Å².